The zero-order valence-electron chi connectivity index (χ0n) is 14.0. The molecule has 0 saturated heterocycles. The van der Waals surface area contributed by atoms with Crippen molar-refractivity contribution in [3.8, 4) is 17.0 Å². The Hall–Kier alpha value is -4.00. The Bertz CT molecular complexity index is 1140. The van der Waals surface area contributed by atoms with Crippen molar-refractivity contribution in [2.75, 3.05) is 5.32 Å². The van der Waals surface area contributed by atoms with Crippen molar-refractivity contribution in [2.45, 2.75) is 0 Å². The third-order valence-electron chi connectivity index (χ3n) is 3.99. The molecule has 0 spiro atoms. The molecule has 0 fully saturated rings. The smallest absolute Gasteiger partial charge is 0.337 e. The number of phenols is 1. The molecule has 0 saturated carbocycles. The minimum atomic E-state index is -1.02. The molecule has 0 unspecified atom stereocenters. The van der Waals surface area contributed by atoms with Gasteiger partial charge in [0.25, 0.3) is 0 Å². The number of aromatic carboxylic acids is 1. The molecule has 0 aliphatic heterocycles. The number of carboxylic acids is 1. The van der Waals surface area contributed by atoms with Crippen molar-refractivity contribution >= 4 is 28.6 Å². The van der Waals surface area contributed by atoms with Gasteiger partial charge in [0.1, 0.15) is 17.1 Å². The van der Waals surface area contributed by atoms with E-state index in [0.29, 0.717) is 28.4 Å². The van der Waals surface area contributed by atoms with E-state index in [2.05, 4.69) is 20.3 Å². The third-order valence-corrected chi connectivity index (χ3v) is 3.99. The maximum Gasteiger partial charge on any atom is 0.337 e. The second-order valence-electron chi connectivity index (χ2n) is 5.82. The number of hydrogen-bond acceptors (Lipinski definition) is 6. The van der Waals surface area contributed by atoms with Crippen LogP contribution in [0.3, 0.4) is 0 Å². The molecule has 0 aliphatic carbocycles. The van der Waals surface area contributed by atoms with Crippen molar-refractivity contribution in [3.63, 3.8) is 0 Å². The second-order valence-corrected chi connectivity index (χ2v) is 5.82. The van der Waals surface area contributed by atoms with Gasteiger partial charge in [-0.2, -0.15) is 0 Å². The Kier molecular flexibility index (Phi) is 4.10. The molecule has 132 valence electrons. The molecule has 2 aromatic carbocycles. The number of rotatable bonds is 4. The highest BCUT2D eigenvalue weighted by Gasteiger charge is 2.10. The van der Waals surface area contributed by atoms with E-state index >= 15 is 0 Å². The van der Waals surface area contributed by atoms with Gasteiger partial charge in [-0.3, -0.25) is 4.98 Å². The second kappa shape index (κ2) is 6.72. The molecule has 4 aromatic rings. The predicted octanol–water partition coefficient (Wildman–Crippen LogP) is 3.84. The van der Waals surface area contributed by atoms with Crippen LogP contribution in [0.25, 0.3) is 22.4 Å². The van der Waals surface area contributed by atoms with Crippen LogP contribution in [0.4, 0.5) is 11.5 Å². The number of carbonyl (C=O) groups is 1. The summed E-state index contributed by atoms with van der Waals surface area (Å²) in [5, 5.41) is 21.7. The summed E-state index contributed by atoms with van der Waals surface area (Å²) < 4.78 is 0. The van der Waals surface area contributed by atoms with E-state index in [1.54, 1.807) is 60.8 Å². The van der Waals surface area contributed by atoms with Crippen LogP contribution >= 0.6 is 0 Å². The number of carboxylic acid groups (broad SMARTS) is 1. The molecule has 7 nitrogen and oxygen atoms in total. The van der Waals surface area contributed by atoms with E-state index in [-0.39, 0.29) is 11.3 Å². The summed E-state index contributed by atoms with van der Waals surface area (Å²) in [6.45, 7) is 0. The Morgan fingerprint density at radius 2 is 1.70 bits per heavy atom. The number of para-hydroxylation sites is 1. The SMILES string of the molecule is O=C(O)c1ccccc1Nc1ccc2ncc(-c3ccc(O)cc3)nc2n1. The Morgan fingerprint density at radius 3 is 2.48 bits per heavy atom. The van der Waals surface area contributed by atoms with Gasteiger partial charge in [-0.15, -0.1) is 0 Å². The van der Waals surface area contributed by atoms with Crippen molar-refractivity contribution < 1.29 is 15.0 Å². The number of aromatic nitrogens is 3. The summed E-state index contributed by atoms with van der Waals surface area (Å²) in [6.07, 6.45) is 1.64. The maximum atomic E-state index is 11.3. The molecule has 2 aromatic heterocycles. The topological polar surface area (TPSA) is 108 Å². The number of fused-ring (bicyclic) bond motifs is 1. The van der Waals surface area contributed by atoms with Crippen molar-refractivity contribution in [2.24, 2.45) is 0 Å². The van der Waals surface area contributed by atoms with Gasteiger partial charge in [0.2, 0.25) is 0 Å². The maximum absolute atomic E-state index is 11.3. The number of aromatic hydroxyl groups is 1. The fraction of sp³-hybridized carbons (Fsp3) is 0. The molecule has 0 amide bonds. The molecule has 7 heteroatoms. The first-order chi connectivity index (χ1) is 13.1. The van der Waals surface area contributed by atoms with E-state index in [9.17, 15) is 15.0 Å². The quantitative estimate of drug-likeness (QED) is 0.508. The summed E-state index contributed by atoms with van der Waals surface area (Å²) in [5.74, 6) is -0.379. The lowest BCUT2D eigenvalue weighted by molar-refractivity contribution is 0.0698. The highest BCUT2D eigenvalue weighted by atomic mass is 16.4. The molecule has 0 atom stereocenters. The lowest BCUT2D eigenvalue weighted by Crippen LogP contribution is -2.03. The van der Waals surface area contributed by atoms with Gasteiger partial charge in [0.15, 0.2) is 5.65 Å². The largest absolute Gasteiger partial charge is 0.508 e. The number of nitrogens with zero attached hydrogens (tertiary/aromatic N) is 3. The van der Waals surface area contributed by atoms with Crippen LogP contribution in [-0.2, 0) is 0 Å². The highest BCUT2D eigenvalue weighted by Crippen LogP contribution is 2.23. The fourth-order valence-corrected chi connectivity index (χ4v) is 2.66. The van der Waals surface area contributed by atoms with Crippen LogP contribution in [0.2, 0.25) is 0 Å². The van der Waals surface area contributed by atoms with Gasteiger partial charge in [0, 0.05) is 5.56 Å². The number of nitrogens with one attached hydrogen (secondary N) is 1. The summed E-state index contributed by atoms with van der Waals surface area (Å²) in [4.78, 5) is 24.7. The highest BCUT2D eigenvalue weighted by molar-refractivity contribution is 5.95. The van der Waals surface area contributed by atoms with Crippen molar-refractivity contribution in [1.82, 2.24) is 15.0 Å². The van der Waals surface area contributed by atoms with Crippen LogP contribution < -0.4 is 5.32 Å². The molecule has 0 aliphatic rings. The van der Waals surface area contributed by atoms with Crippen molar-refractivity contribution in [3.05, 3.63) is 72.4 Å². The number of benzene rings is 2. The van der Waals surface area contributed by atoms with Gasteiger partial charge >= 0.3 is 5.97 Å². The van der Waals surface area contributed by atoms with Crippen LogP contribution in [0.5, 0.6) is 5.75 Å². The number of anilines is 2. The molecule has 0 radical (unpaired) electrons. The number of hydrogen-bond donors (Lipinski definition) is 3. The minimum absolute atomic E-state index is 0.156. The molecule has 0 bridgehead atoms. The molecular weight excluding hydrogens is 344 g/mol. The molecule has 3 N–H and O–H groups in total. The Balaban J connectivity index is 1.71. The third kappa shape index (κ3) is 3.38. The summed E-state index contributed by atoms with van der Waals surface area (Å²) in [5.41, 5.74) is 3.08. The first-order valence-electron chi connectivity index (χ1n) is 8.13. The van der Waals surface area contributed by atoms with Gasteiger partial charge < -0.3 is 15.5 Å². The van der Waals surface area contributed by atoms with E-state index in [1.165, 1.54) is 6.07 Å². The van der Waals surface area contributed by atoms with E-state index < -0.39 is 5.97 Å². The number of phenolic OH excluding ortho intramolecular Hbond substituents is 1. The lowest BCUT2D eigenvalue weighted by Gasteiger charge is -2.09. The van der Waals surface area contributed by atoms with Crippen LogP contribution in [0.1, 0.15) is 10.4 Å². The summed E-state index contributed by atoms with van der Waals surface area (Å²) in [6, 6.07) is 16.7. The monoisotopic (exact) mass is 358 g/mol. The van der Waals surface area contributed by atoms with E-state index in [0.717, 1.165) is 5.56 Å². The van der Waals surface area contributed by atoms with E-state index in [1.807, 2.05) is 0 Å². The van der Waals surface area contributed by atoms with Gasteiger partial charge in [-0.1, -0.05) is 12.1 Å². The summed E-state index contributed by atoms with van der Waals surface area (Å²) in [7, 11) is 0. The minimum Gasteiger partial charge on any atom is -0.508 e. The zero-order valence-corrected chi connectivity index (χ0v) is 14.0. The molecular formula is C20H14N4O3. The number of pyridine rings is 1. The van der Waals surface area contributed by atoms with E-state index in [4.69, 9.17) is 0 Å². The standard InChI is InChI=1S/C20H14N4O3/c25-13-7-5-12(6-8-13)17-11-21-16-9-10-18(24-19(16)23-17)22-15-4-2-1-3-14(15)20(26)27/h1-11,25H,(H,26,27)(H,22,23,24). The summed E-state index contributed by atoms with van der Waals surface area (Å²) >= 11 is 0. The Labute approximate surface area is 154 Å². The first-order valence-corrected chi connectivity index (χ1v) is 8.13. The van der Waals surface area contributed by atoms with Gasteiger partial charge in [-0.05, 0) is 48.5 Å². The van der Waals surface area contributed by atoms with Crippen molar-refractivity contribution in [1.29, 1.82) is 0 Å². The first kappa shape index (κ1) is 16.5. The molecule has 27 heavy (non-hydrogen) atoms. The fourth-order valence-electron chi connectivity index (χ4n) is 2.66. The van der Waals surface area contributed by atoms with Gasteiger partial charge in [0.05, 0.1) is 23.1 Å². The normalized spacial score (nSPS) is 10.7. The zero-order chi connectivity index (χ0) is 18.8. The van der Waals surface area contributed by atoms with Gasteiger partial charge in [-0.25, -0.2) is 14.8 Å². The Morgan fingerprint density at radius 1 is 0.926 bits per heavy atom. The lowest BCUT2D eigenvalue weighted by atomic mass is 10.1. The average molecular weight is 358 g/mol. The molecule has 4 rings (SSSR count). The molecule has 2 heterocycles. The van der Waals surface area contributed by atoms with Crippen LogP contribution in [0, 0.1) is 0 Å². The van der Waals surface area contributed by atoms with Crippen LogP contribution in [-0.4, -0.2) is 31.1 Å². The van der Waals surface area contributed by atoms with Crippen LogP contribution in [0.15, 0.2) is 66.9 Å². The predicted molar refractivity (Wildman–Crippen MR) is 101 cm³/mol. The average Bonchev–Trinajstić information content (AvgIpc) is 2.68.